The van der Waals surface area contributed by atoms with E-state index in [2.05, 4.69) is 69.4 Å². The zero-order valence-electron chi connectivity index (χ0n) is 43.3. The molecule has 65 heavy (non-hydrogen) atoms. The van der Waals surface area contributed by atoms with Crippen molar-refractivity contribution in [3.05, 3.63) is 48.6 Å². The van der Waals surface area contributed by atoms with Crippen LogP contribution in [0.5, 0.6) is 0 Å². The minimum Gasteiger partial charge on any atom is -0.462 e. The number of allylic oxidation sites excluding steroid dienone is 8. The number of ether oxygens (including phenoxy) is 3. The fourth-order valence-corrected chi connectivity index (χ4v) is 8.07. The highest BCUT2D eigenvalue weighted by Gasteiger charge is 2.19. The van der Waals surface area contributed by atoms with Crippen LogP contribution in [0.15, 0.2) is 48.6 Å². The Kier molecular flexibility index (Phi) is 51.8. The van der Waals surface area contributed by atoms with Crippen LogP contribution in [-0.4, -0.2) is 37.2 Å². The summed E-state index contributed by atoms with van der Waals surface area (Å²) in [4.78, 5) is 38.1. The van der Waals surface area contributed by atoms with Crippen molar-refractivity contribution in [2.75, 3.05) is 13.2 Å². The topological polar surface area (TPSA) is 78.9 Å². The first-order valence-corrected chi connectivity index (χ1v) is 28.2. The van der Waals surface area contributed by atoms with Gasteiger partial charge in [-0.3, -0.25) is 14.4 Å². The van der Waals surface area contributed by atoms with Crippen LogP contribution in [-0.2, 0) is 28.6 Å². The first-order chi connectivity index (χ1) is 32.0. The Hall–Kier alpha value is -2.63. The zero-order chi connectivity index (χ0) is 47.2. The Morgan fingerprint density at radius 1 is 0.308 bits per heavy atom. The zero-order valence-corrected chi connectivity index (χ0v) is 43.3. The van der Waals surface area contributed by atoms with Gasteiger partial charge in [0.2, 0.25) is 0 Å². The molecule has 1 unspecified atom stereocenters. The second-order valence-electron chi connectivity index (χ2n) is 18.9. The average molecular weight is 911 g/mol. The van der Waals surface area contributed by atoms with Crippen molar-refractivity contribution in [1.29, 1.82) is 0 Å². The highest BCUT2D eigenvalue weighted by molar-refractivity contribution is 5.71. The molecule has 0 aromatic heterocycles. The van der Waals surface area contributed by atoms with Crippen LogP contribution in [0.1, 0.15) is 290 Å². The standard InChI is InChI=1S/C59H106O6/c1-4-7-10-13-16-19-22-24-26-28-30-32-34-37-40-43-46-49-52-58(61)64-55-56(54-63-57(60)51-48-45-42-39-36-21-18-15-12-9-6-3)65-59(62)53-50-47-44-41-38-35-33-31-29-27-25-23-20-17-14-11-8-5-2/h15,18,22,24,26,28,30,32,56H,4-14,16-17,19-21,23,25,27,29,31,33-55H2,1-3H3/b18-15-,24-22-,28-26-,32-30-. The van der Waals surface area contributed by atoms with E-state index in [1.165, 1.54) is 167 Å². The lowest BCUT2D eigenvalue weighted by atomic mass is 10.0. The maximum absolute atomic E-state index is 12.8. The fraction of sp³-hybridized carbons (Fsp3) is 0.814. The van der Waals surface area contributed by atoms with E-state index in [0.717, 1.165) is 83.5 Å². The normalized spacial score (nSPS) is 12.4. The number of rotatable bonds is 51. The molecule has 0 amide bonds. The molecule has 0 heterocycles. The van der Waals surface area contributed by atoms with Crippen molar-refractivity contribution < 1.29 is 28.6 Å². The van der Waals surface area contributed by atoms with Crippen LogP contribution in [0.3, 0.4) is 0 Å². The largest absolute Gasteiger partial charge is 0.462 e. The van der Waals surface area contributed by atoms with Crippen LogP contribution >= 0.6 is 0 Å². The van der Waals surface area contributed by atoms with Gasteiger partial charge in [-0.25, -0.2) is 0 Å². The smallest absolute Gasteiger partial charge is 0.306 e. The Balaban J connectivity index is 4.36. The predicted molar refractivity (Wildman–Crippen MR) is 279 cm³/mol. The van der Waals surface area contributed by atoms with Crippen molar-refractivity contribution in [2.24, 2.45) is 0 Å². The SMILES string of the molecule is CCCC/C=C\CCCCCCCC(=O)OCC(COC(=O)CCCCCCC\C=C/C=C\C=C/CCCCCCC)OC(=O)CCCCCCCCCCCCCCCCCCCC. The average Bonchev–Trinajstić information content (AvgIpc) is 3.30. The van der Waals surface area contributed by atoms with Crippen molar-refractivity contribution in [3.8, 4) is 0 Å². The number of esters is 3. The summed E-state index contributed by atoms with van der Waals surface area (Å²) in [6.07, 6.45) is 65.3. The molecule has 6 nitrogen and oxygen atoms in total. The number of carbonyl (C=O) groups excluding carboxylic acids is 3. The van der Waals surface area contributed by atoms with Gasteiger partial charge >= 0.3 is 17.9 Å². The van der Waals surface area contributed by atoms with E-state index in [9.17, 15) is 14.4 Å². The molecule has 0 N–H and O–H groups in total. The summed E-state index contributed by atoms with van der Waals surface area (Å²) in [6, 6.07) is 0. The monoisotopic (exact) mass is 911 g/mol. The van der Waals surface area contributed by atoms with Gasteiger partial charge < -0.3 is 14.2 Å². The quantitative estimate of drug-likeness (QED) is 0.0199. The molecule has 378 valence electrons. The van der Waals surface area contributed by atoms with Gasteiger partial charge in [0.1, 0.15) is 13.2 Å². The number of carbonyl (C=O) groups is 3. The van der Waals surface area contributed by atoms with Gasteiger partial charge in [0, 0.05) is 19.3 Å². The maximum atomic E-state index is 12.8. The molecular weight excluding hydrogens is 805 g/mol. The molecule has 0 aromatic rings. The molecule has 0 aliphatic heterocycles. The molecule has 0 aliphatic carbocycles. The molecule has 0 fully saturated rings. The molecule has 1 atom stereocenters. The lowest BCUT2D eigenvalue weighted by Gasteiger charge is -2.18. The third-order valence-electron chi connectivity index (χ3n) is 12.4. The van der Waals surface area contributed by atoms with Crippen molar-refractivity contribution >= 4 is 17.9 Å². The molecule has 0 rings (SSSR count). The molecule has 0 spiro atoms. The van der Waals surface area contributed by atoms with Gasteiger partial charge in [0.05, 0.1) is 0 Å². The van der Waals surface area contributed by atoms with Gasteiger partial charge in [-0.1, -0.05) is 256 Å². The van der Waals surface area contributed by atoms with E-state index >= 15 is 0 Å². The van der Waals surface area contributed by atoms with E-state index in [-0.39, 0.29) is 31.1 Å². The summed E-state index contributed by atoms with van der Waals surface area (Å²) < 4.78 is 16.8. The lowest BCUT2D eigenvalue weighted by Crippen LogP contribution is -2.30. The Morgan fingerprint density at radius 2 is 0.585 bits per heavy atom. The molecule has 0 saturated heterocycles. The number of hydrogen-bond donors (Lipinski definition) is 0. The molecule has 0 saturated carbocycles. The summed E-state index contributed by atoms with van der Waals surface area (Å²) >= 11 is 0. The molecule has 0 radical (unpaired) electrons. The minimum absolute atomic E-state index is 0.0819. The van der Waals surface area contributed by atoms with E-state index in [1.807, 2.05) is 0 Å². The summed E-state index contributed by atoms with van der Waals surface area (Å²) in [5.74, 6) is -0.898. The summed E-state index contributed by atoms with van der Waals surface area (Å²) in [7, 11) is 0. The molecule has 0 bridgehead atoms. The van der Waals surface area contributed by atoms with Crippen molar-refractivity contribution in [2.45, 2.75) is 297 Å². The van der Waals surface area contributed by atoms with Crippen LogP contribution in [0, 0.1) is 0 Å². The van der Waals surface area contributed by atoms with Gasteiger partial charge in [-0.15, -0.1) is 0 Å². The Labute approximate surface area is 403 Å². The highest BCUT2D eigenvalue weighted by Crippen LogP contribution is 2.16. The van der Waals surface area contributed by atoms with Crippen LogP contribution in [0.2, 0.25) is 0 Å². The van der Waals surface area contributed by atoms with E-state index in [1.54, 1.807) is 0 Å². The highest BCUT2D eigenvalue weighted by atomic mass is 16.6. The van der Waals surface area contributed by atoms with Gasteiger partial charge in [0.25, 0.3) is 0 Å². The molecule has 0 aliphatic rings. The minimum atomic E-state index is -0.782. The predicted octanol–water partition coefficient (Wildman–Crippen LogP) is 18.7. The van der Waals surface area contributed by atoms with E-state index in [0.29, 0.717) is 19.3 Å². The van der Waals surface area contributed by atoms with E-state index < -0.39 is 6.10 Å². The summed E-state index contributed by atoms with van der Waals surface area (Å²) in [6.45, 7) is 6.59. The van der Waals surface area contributed by atoms with Crippen LogP contribution in [0.4, 0.5) is 0 Å². The first-order valence-electron chi connectivity index (χ1n) is 28.2. The summed E-state index contributed by atoms with van der Waals surface area (Å²) in [5, 5.41) is 0. The van der Waals surface area contributed by atoms with Crippen molar-refractivity contribution in [1.82, 2.24) is 0 Å². The van der Waals surface area contributed by atoms with Crippen LogP contribution in [0.25, 0.3) is 0 Å². The molecule has 0 aromatic carbocycles. The Morgan fingerprint density at radius 3 is 0.938 bits per heavy atom. The second-order valence-corrected chi connectivity index (χ2v) is 18.9. The van der Waals surface area contributed by atoms with Gasteiger partial charge in [-0.2, -0.15) is 0 Å². The second kappa shape index (κ2) is 54.0. The number of hydrogen-bond acceptors (Lipinski definition) is 6. The van der Waals surface area contributed by atoms with E-state index in [4.69, 9.17) is 14.2 Å². The number of unbranched alkanes of at least 4 members (excludes halogenated alkanes) is 34. The van der Waals surface area contributed by atoms with Gasteiger partial charge in [-0.05, 0) is 64.2 Å². The molecule has 6 heteroatoms. The Bertz CT molecular complexity index is 1140. The first kappa shape index (κ1) is 62.4. The molecular formula is C59H106O6. The lowest BCUT2D eigenvalue weighted by molar-refractivity contribution is -0.167. The fourth-order valence-electron chi connectivity index (χ4n) is 8.07. The third kappa shape index (κ3) is 52.2. The van der Waals surface area contributed by atoms with Crippen molar-refractivity contribution in [3.63, 3.8) is 0 Å². The van der Waals surface area contributed by atoms with Crippen LogP contribution < -0.4 is 0 Å². The maximum Gasteiger partial charge on any atom is 0.306 e. The summed E-state index contributed by atoms with van der Waals surface area (Å²) in [5.41, 5.74) is 0. The third-order valence-corrected chi connectivity index (χ3v) is 12.4. The van der Waals surface area contributed by atoms with Gasteiger partial charge in [0.15, 0.2) is 6.10 Å².